The average molecular weight is 308 g/mol. The molecule has 0 heterocycles. The molecule has 0 aromatic heterocycles. The van der Waals surface area contributed by atoms with Crippen molar-refractivity contribution in [2.45, 2.75) is 32.7 Å². The number of rotatable bonds is 9. The topological polar surface area (TPSA) is 79.6 Å². The molecule has 6 nitrogen and oxygen atoms in total. The minimum atomic E-state index is -3.63. The largest absolute Gasteiger partial charge is 0.354 e. The monoisotopic (exact) mass is 308 g/mol. The summed E-state index contributed by atoms with van der Waals surface area (Å²) in [4.78, 5) is 12.7. The van der Waals surface area contributed by atoms with Gasteiger partial charge in [-0.2, -0.15) is 5.26 Å². The molecule has 1 amide bonds. The first kappa shape index (κ1) is 18.5. The number of hydrogen-bond acceptors (Lipinski definition) is 6. The van der Waals surface area contributed by atoms with E-state index in [4.69, 9.17) is 14.3 Å². The van der Waals surface area contributed by atoms with Gasteiger partial charge in [-0.05, 0) is 39.5 Å². The summed E-state index contributed by atoms with van der Waals surface area (Å²) in [6.07, 6.45) is 0. The van der Waals surface area contributed by atoms with Gasteiger partial charge in [0, 0.05) is 13.1 Å². The van der Waals surface area contributed by atoms with Gasteiger partial charge < -0.3 is 13.9 Å². The Bertz CT molecular complexity index is 358. The predicted molar refractivity (Wildman–Crippen MR) is 75.8 cm³/mol. The quantitative estimate of drug-likeness (QED) is 0.481. The summed E-state index contributed by atoms with van der Waals surface area (Å²) >= 11 is 0.632. The summed E-state index contributed by atoms with van der Waals surface area (Å²) in [5.74, 6) is -0.387. The summed E-state index contributed by atoms with van der Waals surface area (Å²) in [5.41, 5.74) is 0. The van der Waals surface area contributed by atoms with Gasteiger partial charge in [-0.15, -0.1) is 0 Å². The van der Waals surface area contributed by atoms with Crippen LogP contribution in [0.3, 0.4) is 0 Å². The Hall–Kier alpha value is -0.540. The number of hydrogen-bond donors (Lipinski definition) is 0. The van der Waals surface area contributed by atoms with Gasteiger partial charge in [0.15, 0.2) is 4.99 Å². The van der Waals surface area contributed by atoms with Crippen LogP contribution in [0.1, 0.15) is 27.7 Å². The van der Waals surface area contributed by atoms with Gasteiger partial charge in [-0.25, -0.2) is 0 Å². The Kier molecular flexibility index (Phi) is 9.11. The molecule has 0 rings (SSSR count). The van der Waals surface area contributed by atoms with E-state index in [-0.39, 0.29) is 19.1 Å². The molecule has 0 aliphatic heterocycles. The smallest absolute Gasteiger partial charge is 0.342 e. The Morgan fingerprint density at radius 3 is 2.05 bits per heavy atom. The van der Waals surface area contributed by atoms with E-state index in [0.29, 0.717) is 24.9 Å². The van der Waals surface area contributed by atoms with Crippen molar-refractivity contribution in [3.05, 3.63) is 0 Å². The number of carbonyl (C=O) groups is 1. The minimum absolute atomic E-state index is 0.158. The summed E-state index contributed by atoms with van der Waals surface area (Å²) in [6.45, 7) is 8.26. The molecule has 0 aliphatic carbocycles. The number of carbonyl (C=O) groups excluding carboxylic acids is 1. The summed E-state index contributed by atoms with van der Waals surface area (Å²) in [5, 5.41) is 10.6. The third kappa shape index (κ3) is 5.15. The molecule has 8 heteroatoms. The van der Waals surface area contributed by atoms with Crippen molar-refractivity contribution in [1.29, 1.82) is 5.26 Å². The lowest BCUT2D eigenvalue weighted by Crippen LogP contribution is -2.38. The zero-order valence-corrected chi connectivity index (χ0v) is 13.5. The van der Waals surface area contributed by atoms with E-state index in [9.17, 15) is 9.36 Å². The number of amides is 1. The molecule has 0 saturated heterocycles. The lowest BCUT2D eigenvalue weighted by atomic mass is 10.5. The second-order valence-corrected chi connectivity index (χ2v) is 6.80. The fourth-order valence-corrected chi connectivity index (χ4v) is 4.40. The van der Waals surface area contributed by atoms with Crippen LogP contribution in [0.15, 0.2) is 0 Å². The minimum Gasteiger partial charge on any atom is -0.342 e. The maximum absolute atomic E-state index is 12.6. The third-order valence-corrected chi connectivity index (χ3v) is 6.01. The second-order valence-electron chi connectivity index (χ2n) is 3.45. The van der Waals surface area contributed by atoms with Crippen LogP contribution in [0.4, 0.5) is 0 Å². The molecule has 0 radical (unpaired) electrons. The normalized spacial score (nSPS) is 12.8. The number of nitrogens with zero attached hydrogens (tertiary/aromatic N) is 2. The Balaban J connectivity index is 5.31. The van der Waals surface area contributed by atoms with Crippen molar-refractivity contribution in [3.63, 3.8) is 0 Å². The van der Waals surface area contributed by atoms with Gasteiger partial charge in [0.1, 0.15) is 5.40 Å². The first-order chi connectivity index (χ1) is 9.00. The molecule has 0 N–H and O–H groups in total. The van der Waals surface area contributed by atoms with Gasteiger partial charge in [0.05, 0.1) is 13.2 Å². The first-order valence-electron chi connectivity index (χ1n) is 6.22. The molecule has 0 unspecified atom stereocenters. The first-order valence-corrected chi connectivity index (χ1v) is 8.72. The van der Waals surface area contributed by atoms with E-state index in [1.54, 1.807) is 13.8 Å². The van der Waals surface area contributed by atoms with E-state index >= 15 is 0 Å². The lowest BCUT2D eigenvalue weighted by molar-refractivity contribution is -0.129. The van der Waals surface area contributed by atoms with Crippen LogP contribution in [0, 0.1) is 10.7 Å². The zero-order chi connectivity index (χ0) is 14.9. The van der Waals surface area contributed by atoms with Crippen LogP contribution in [0.2, 0.25) is 0 Å². The van der Waals surface area contributed by atoms with Crippen LogP contribution in [0.5, 0.6) is 0 Å². The summed E-state index contributed by atoms with van der Waals surface area (Å²) in [6, 6.07) is 0. The molecular weight excluding hydrogens is 287 g/mol. The molecule has 0 fully saturated rings. The predicted octanol–water partition coefficient (Wildman–Crippen LogP) is 2.66. The van der Waals surface area contributed by atoms with E-state index in [1.165, 1.54) is 4.90 Å². The second kappa shape index (κ2) is 9.38. The number of thiocyanates is 1. The highest BCUT2D eigenvalue weighted by Crippen LogP contribution is 2.57. The fourth-order valence-electron chi connectivity index (χ4n) is 1.52. The fraction of sp³-hybridized carbons (Fsp3) is 0.818. The Morgan fingerprint density at radius 2 is 1.74 bits per heavy atom. The maximum atomic E-state index is 12.6. The van der Waals surface area contributed by atoms with Gasteiger partial charge in [0.2, 0.25) is 5.91 Å². The molecule has 0 saturated carbocycles. The van der Waals surface area contributed by atoms with Crippen molar-refractivity contribution in [3.8, 4) is 5.40 Å². The van der Waals surface area contributed by atoms with Crippen LogP contribution < -0.4 is 0 Å². The van der Waals surface area contributed by atoms with Gasteiger partial charge in [-0.3, -0.25) is 9.36 Å². The molecule has 0 aliphatic rings. The lowest BCUT2D eigenvalue weighted by Gasteiger charge is -2.27. The molecule has 0 bridgehead atoms. The molecule has 19 heavy (non-hydrogen) atoms. The van der Waals surface area contributed by atoms with E-state index < -0.39 is 12.6 Å². The molecule has 0 aromatic rings. The van der Waals surface area contributed by atoms with Gasteiger partial charge in [0.25, 0.3) is 0 Å². The molecular formula is C11H21N2O4PS. The van der Waals surface area contributed by atoms with Crippen LogP contribution in [-0.4, -0.2) is 42.1 Å². The van der Waals surface area contributed by atoms with Crippen molar-refractivity contribution in [2.75, 3.05) is 26.3 Å². The van der Waals surface area contributed by atoms with Crippen molar-refractivity contribution in [2.24, 2.45) is 0 Å². The van der Waals surface area contributed by atoms with Crippen LogP contribution in [-0.2, 0) is 18.4 Å². The van der Waals surface area contributed by atoms with Crippen LogP contribution >= 0.6 is 19.4 Å². The van der Waals surface area contributed by atoms with Crippen LogP contribution in [0.25, 0.3) is 0 Å². The van der Waals surface area contributed by atoms with Gasteiger partial charge >= 0.3 is 7.60 Å². The highest BCUT2D eigenvalue weighted by atomic mass is 32.2. The van der Waals surface area contributed by atoms with Crippen molar-refractivity contribution < 1.29 is 18.4 Å². The average Bonchev–Trinajstić information content (AvgIpc) is 2.37. The molecule has 110 valence electrons. The standard InChI is InChI=1S/C11H21N2O4PS/c1-5-13(6-2)10(14)11(19-9-12)18(15,16-7-3)17-8-4/h11H,5-8H2,1-4H3/t11-/m1/s1. The SMILES string of the molecule is CCOP(=O)(OCC)[C@H](SC#N)C(=O)N(CC)CC. The highest BCUT2D eigenvalue weighted by Gasteiger charge is 2.43. The van der Waals surface area contributed by atoms with Crippen molar-refractivity contribution >= 4 is 25.3 Å². The Labute approximate surface area is 119 Å². The molecule has 0 aromatic carbocycles. The number of thioether (sulfide) groups is 1. The summed E-state index contributed by atoms with van der Waals surface area (Å²) < 4.78 is 22.9. The van der Waals surface area contributed by atoms with E-state index in [2.05, 4.69) is 0 Å². The van der Waals surface area contributed by atoms with E-state index in [1.807, 2.05) is 19.2 Å². The Morgan fingerprint density at radius 1 is 1.26 bits per heavy atom. The maximum Gasteiger partial charge on any atom is 0.354 e. The number of nitriles is 1. The zero-order valence-electron chi connectivity index (χ0n) is 11.8. The molecule has 1 atom stereocenters. The third-order valence-electron chi connectivity index (χ3n) is 2.36. The van der Waals surface area contributed by atoms with Crippen molar-refractivity contribution in [1.82, 2.24) is 4.90 Å². The summed E-state index contributed by atoms with van der Waals surface area (Å²) in [7, 11) is -3.63. The van der Waals surface area contributed by atoms with Gasteiger partial charge in [-0.1, -0.05) is 0 Å². The van der Waals surface area contributed by atoms with E-state index in [0.717, 1.165) is 0 Å². The molecule has 0 spiro atoms. The highest BCUT2D eigenvalue weighted by molar-refractivity contribution is 8.10.